The molecular weight excluding hydrogens is 452 g/mol. The molecule has 0 saturated carbocycles. The van der Waals surface area contributed by atoms with Crippen molar-refractivity contribution in [2.75, 3.05) is 6.61 Å². The van der Waals surface area contributed by atoms with Gasteiger partial charge in [0.05, 0.1) is 11.8 Å². The molecule has 4 aromatic carbocycles. The summed E-state index contributed by atoms with van der Waals surface area (Å²) in [5.74, 6) is -0.123. The van der Waals surface area contributed by atoms with Crippen LogP contribution in [0.25, 0.3) is 10.8 Å². The second-order valence-electron chi connectivity index (χ2n) is 7.49. The first kappa shape index (κ1) is 23.0. The Bertz CT molecular complexity index is 1370. The van der Waals surface area contributed by atoms with Crippen molar-refractivity contribution in [3.8, 4) is 11.5 Å². The molecule has 0 spiro atoms. The van der Waals surface area contributed by atoms with Gasteiger partial charge in [0.25, 0.3) is 5.91 Å². The van der Waals surface area contributed by atoms with Crippen molar-refractivity contribution in [1.82, 2.24) is 5.43 Å². The van der Waals surface area contributed by atoms with Gasteiger partial charge in [-0.3, -0.25) is 4.79 Å². The molecule has 0 atom stereocenters. The number of rotatable bonds is 7. The van der Waals surface area contributed by atoms with Gasteiger partial charge in [-0.2, -0.15) is 5.10 Å². The van der Waals surface area contributed by atoms with E-state index in [4.69, 9.17) is 21.1 Å². The van der Waals surface area contributed by atoms with Gasteiger partial charge in [-0.15, -0.1) is 0 Å². The molecule has 6 nitrogen and oxygen atoms in total. The van der Waals surface area contributed by atoms with Crippen molar-refractivity contribution in [2.24, 2.45) is 5.10 Å². The van der Waals surface area contributed by atoms with Gasteiger partial charge in [-0.05, 0) is 54.1 Å². The Morgan fingerprint density at radius 2 is 1.76 bits per heavy atom. The predicted molar refractivity (Wildman–Crippen MR) is 133 cm³/mol. The Kier molecular flexibility index (Phi) is 7.20. The predicted octanol–water partition coefficient (Wildman–Crippen LogP) is 5.55. The molecule has 0 bridgehead atoms. The second kappa shape index (κ2) is 10.6. The summed E-state index contributed by atoms with van der Waals surface area (Å²) in [7, 11) is 0. The lowest BCUT2D eigenvalue weighted by atomic mass is 10.0. The Morgan fingerprint density at radius 1 is 0.971 bits per heavy atom. The van der Waals surface area contributed by atoms with Gasteiger partial charge in [0.1, 0.15) is 11.5 Å². The maximum Gasteiger partial charge on any atom is 0.343 e. The summed E-state index contributed by atoms with van der Waals surface area (Å²) in [6.07, 6.45) is 1.46. The zero-order valence-corrected chi connectivity index (χ0v) is 19.1. The number of nitrogens with one attached hydrogen (secondary N) is 1. The summed E-state index contributed by atoms with van der Waals surface area (Å²) in [4.78, 5) is 24.8. The molecule has 170 valence electrons. The third-order valence-electron chi connectivity index (χ3n) is 4.97. The standard InChI is InChI=1S/C27H21ClN2O4/c1-18-9-11-20(12-10-18)27(32)34-25-14-13-19-5-2-3-8-23(19)24(25)16-29-30-26(31)17-33-22-7-4-6-21(28)15-22/h2-16H,17H2,1H3,(H,30,31). The van der Waals surface area contributed by atoms with Crippen LogP contribution in [0.4, 0.5) is 0 Å². The Labute approximate surface area is 201 Å². The highest BCUT2D eigenvalue weighted by atomic mass is 35.5. The van der Waals surface area contributed by atoms with E-state index in [2.05, 4.69) is 10.5 Å². The molecule has 0 heterocycles. The molecule has 1 amide bonds. The molecule has 0 aliphatic rings. The molecule has 4 rings (SSSR count). The van der Waals surface area contributed by atoms with Gasteiger partial charge in [-0.1, -0.05) is 65.7 Å². The average molecular weight is 473 g/mol. The molecule has 0 saturated heterocycles. The number of carbonyl (C=O) groups excluding carboxylic acids is 2. The summed E-state index contributed by atoms with van der Waals surface area (Å²) >= 11 is 5.92. The summed E-state index contributed by atoms with van der Waals surface area (Å²) < 4.78 is 11.1. The molecule has 0 radical (unpaired) electrons. The largest absolute Gasteiger partial charge is 0.484 e. The van der Waals surface area contributed by atoms with E-state index in [0.717, 1.165) is 16.3 Å². The molecule has 34 heavy (non-hydrogen) atoms. The minimum atomic E-state index is -0.483. The van der Waals surface area contributed by atoms with Crippen molar-refractivity contribution in [3.63, 3.8) is 0 Å². The number of carbonyl (C=O) groups is 2. The number of hydrogen-bond acceptors (Lipinski definition) is 5. The minimum absolute atomic E-state index is 0.234. The number of esters is 1. The van der Waals surface area contributed by atoms with Crippen molar-refractivity contribution in [2.45, 2.75) is 6.92 Å². The number of aryl methyl sites for hydroxylation is 1. The zero-order chi connectivity index (χ0) is 23.9. The van der Waals surface area contributed by atoms with Crippen molar-refractivity contribution in [1.29, 1.82) is 0 Å². The quantitative estimate of drug-likeness (QED) is 0.165. The van der Waals surface area contributed by atoms with Crippen LogP contribution in [0, 0.1) is 6.92 Å². The number of fused-ring (bicyclic) bond motifs is 1. The van der Waals surface area contributed by atoms with Gasteiger partial charge in [0.2, 0.25) is 0 Å². The first-order valence-electron chi connectivity index (χ1n) is 10.5. The number of benzene rings is 4. The smallest absolute Gasteiger partial charge is 0.343 e. The van der Waals surface area contributed by atoms with Crippen LogP contribution in [-0.2, 0) is 4.79 Å². The molecule has 0 unspecified atom stereocenters. The van der Waals surface area contributed by atoms with Crippen LogP contribution in [0.3, 0.4) is 0 Å². The van der Waals surface area contributed by atoms with E-state index < -0.39 is 11.9 Å². The molecule has 0 fully saturated rings. The van der Waals surface area contributed by atoms with Gasteiger partial charge < -0.3 is 9.47 Å². The number of amides is 1. The van der Waals surface area contributed by atoms with Crippen molar-refractivity contribution in [3.05, 3.63) is 107 Å². The summed E-state index contributed by atoms with van der Waals surface area (Å²) in [5.41, 5.74) is 4.48. The first-order valence-corrected chi connectivity index (χ1v) is 10.9. The lowest BCUT2D eigenvalue weighted by Gasteiger charge is -2.11. The van der Waals surface area contributed by atoms with Crippen LogP contribution in [0.15, 0.2) is 90.0 Å². The SMILES string of the molecule is Cc1ccc(C(=O)Oc2ccc3ccccc3c2C=NNC(=O)COc2cccc(Cl)c2)cc1. The molecule has 0 aliphatic heterocycles. The van der Waals surface area contributed by atoms with E-state index >= 15 is 0 Å². The van der Waals surface area contributed by atoms with Crippen LogP contribution >= 0.6 is 11.6 Å². The zero-order valence-electron chi connectivity index (χ0n) is 18.3. The van der Waals surface area contributed by atoms with Crippen molar-refractivity contribution >= 4 is 40.5 Å². The maximum atomic E-state index is 12.7. The third kappa shape index (κ3) is 5.79. The Balaban J connectivity index is 1.50. The highest BCUT2D eigenvalue weighted by molar-refractivity contribution is 6.30. The minimum Gasteiger partial charge on any atom is -0.484 e. The second-order valence-corrected chi connectivity index (χ2v) is 7.93. The van der Waals surface area contributed by atoms with Gasteiger partial charge >= 0.3 is 5.97 Å². The molecule has 1 N–H and O–H groups in total. The highest BCUT2D eigenvalue weighted by Gasteiger charge is 2.13. The van der Waals surface area contributed by atoms with E-state index in [1.54, 1.807) is 42.5 Å². The molecule has 4 aromatic rings. The van der Waals surface area contributed by atoms with Crippen LogP contribution in [0.5, 0.6) is 11.5 Å². The Morgan fingerprint density at radius 3 is 2.56 bits per heavy atom. The summed E-state index contributed by atoms with van der Waals surface area (Å²) in [6, 6.07) is 25.1. The number of hydrogen-bond donors (Lipinski definition) is 1. The lowest BCUT2D eigenvalue weighted by molar-refractivity contribution is -0.123. The number of nitrogens with zero attached hydrogens (tertiary/aromatic N) is 1. The molecule has 0 aromatic heterocycles. The van der Waals surface area contributed by atoms with Crippen molar-refractivity contribution < 1.29 is 19.1 Å². The average Bonchev–Trinajstić information content (AvgIpc) is 2.84. The normalized spacial score (nSPS) is 10.9. The summed E-state index contributed by atoms with van der Waals surface area (Å²) in [5, 5.41) is 6.33. The van der Waals surface area contributed by atoms with Crippen LogP contribution in [0.1, 0.15) is 21.5 Å². The highest BCUT2D eigenvalue weighted by Crippen LogP contribution is 2.27. The number of halogens is 1. The van der Waals surface area contributed by atoms with Gasteiger partial charge in [0, 0.05) is 10.6 Å². The first-order chi connectivity index (χ1) is 16.5. The molecule has 7 heteroatoms. The number of ether oxygens (including phenoxy) is 2. The molecule has 0 aliphatic carbocycles. The van der Waals surface area contributed by atoms with E-state index in [0.29, 0.717) is 27.6 Å². The fourth-order valence-corrected chi connectivity index (χ4v) is 3.43. The number of hydrazone groups is 1. The fourth-order valence-electron chi connectivity index (χ4n) is 3.25. The van der Waals surface area contributed by atoms with E-state index in [1.807, 2.05) is 49.4 Å². The van der Waals surface area contributed by atoms with Crippen LogP contribution in [0.2, 0.25) is 5.02 Å². The molecular formula is C27H21ClN2O4. The van der Waals surface area contributed by atoms with Gasteiger partial charge in [-0.25, -0.2) is 10.2 Å². The Hall–Kier alpha value is -4.16. The third-order valence-corrected chi connectivity index (χ3v) is 5.20. The summed E-state index contributed by atoms with van der Waals surface area (Å²) in [6.45, 7) is 1.71. The van der Waals surface area contributed by atoms with Crippen LogP contribution < -0.4 is 14.9 Å². The monoisotopic (exact) mass is 472 g/mol. The lowest BCUT2D eigenvalue weighted by Crippen LogP contribution is -2.24. The maximum absolute atomic E-state index is 12.7. The topological polar surface area (TPSA) is 77.0 Å². The van der Waals surface area contributed by atoms with Gasteiger partial charge in [0.15, 0.2) is 6.61 Å². The van der Waals surface area contributed by atoms with E-state index in [1.165, 1.54) is 6.21 Å². The van der Waals surface area contributed by atoms with E-state index in [9.17, 15) is 9.59 Å². The van der Waals surface area contributed by atoms with Crippen LogP contribution in [-0.4, -0.2) is 24.7 Å². The van der Waals surface area contributed by atoms with E-state index in [-0.39, 0.29) is 6.61 Å². The fraction of sp³-hybridized carbons (Fsp3) is 0.0741.